The molecule has 1 amide bonds. The molecule has 0 aliphatic heterocycles. The number of amides is 1. The smallest absolute Gasteiger partial charge is 0.223 e. The number of rotatable bonds is 12. The van der Waals surface area contributed by atoms with E-state index >= 15 is 0 Å². The molecule has 2 heteroatoms. The maximum absolute atomic E-state index is 11.8. The first-order chi connectivity index (χ1) is 9.58. The highest BCUT2D eigenvalue weighted by molar-refractivity contribution is 5.80. The normalized spacial score (nSPS) is 14.1. The Morgan fingerprint density at radius 1 is 0.900 bits per heavy atom. The molecule has 0 aromatic rings. The van der Waals surface area contributed by atoms with Gasteiger partial charge in [0.1, 0.15) is 0 Å². The highest BCUT2D eigenvalue weighted by Gasteiger charge is 2.18. The molecule has 1 radical (unpaired) electrons. The summed E-state index contributed by atoms with van der Waals surface area (Å²) in [5, 5.41) is 0. The molecular weight excluding hydrogens is 246 g/mol. The van der Waals surface area contributed by atoms with E-state index in [1.165, 1.54) is 38.5 Å². The van der Waals surface area contributed by atoms with Crippen molar-refractivity contribution in [3.05, 3.63) is 6.92 Å². The van der Waals surface area contributed by atoms with Gasteiger partial charge in [0.15, 0.2) is 0 Å². The van der Waals surface area contributed by atoms with E-state index in [9.17, 15) is 4.79 Å². The van der Waals surface area contributed by atoms with Gasteiger partial charge in [-0.1, -0.05) is 66.2 Å². The van der Waals surface area contributed by atoms with Gasteiger partial charge in [-0.3, -0.25) is 4.79 Å². The highest BCUT2D eigenvalue weighted by Crippen LogP contribution is 2.18. The largest absolute Gasteiger partial charge is 0.342 e. The van der Waals surface area contributed by atoms with Crippen LogP contribution in [-0.2, 0) is 4.79 Å². The van der Waals surface area contributed by atoms with Crippen LogP contribution in [0, 0.1) is 18.8 Å². The molecule has 0 bridgehead atoms. The Morgan fingerprint density at radius 2 is 1.30 bits per heavy atom. The van der Waals surface area contributed by atoms with Gasteiger partial charge in [-0.2, -0.15) is 0 Å². The standard InChI is InChI=1S/C18H36NO/c1-6-10-12-17(8-3)14-19(16(5)20)15-18(9-4)13-11-7-2/h17-18H,5-15H2,1-4H3. The van der Waals surface area contributed by atoms with Crippen LogP contribution in [0.15, 0.2) is 0 Å². The maximum atomic E-state index is 11.8. The van der Waals surface area contributed by atoms with Crippen LogP contribution in [0.4, 0.5) is 0 Å². The summed E-state index contributed by atoms with van der Waals surface area (Å²) in [7, 11) is 0. The number of carbonyl (C=O) groups is 1. The van der Waals surface area contributed by atoms with Crippen LogP contribution in [0.1, 0.15) is 79.1 Å². The molecule has 0 saturated heterocycles. The summed E-state index contributed by atoms with van der Waals surface area (Å²) in [5.41, 5.74) is 0. The molecule has 0 rings (SSSR count). The number of nitrogens with zero attached hydrogens (tertiary/aromatic N) is 1. The topological polar surface area (TPSA) is 20.3 Å². The lowest BCUT2D eigenvalue weighted by molar-refractivity contribution is -0.127. The molecule has 0 heterocycles. The van der Waals surface area contributed by atoms with Gasteiger partial charge < -0.3 is 4.90 Å². The average molecular weight is 282 g/mol. The molecule has 0 saturated carbocycles. The van der Waals surface area contributed by atoms with Crippen molar-refractivity contribution in [2.75, 3.05) is 13.1 Å². The Balaban J connectivity index is 4.41. The summed E-state index contributed by atoms with van der Waals surface area (Å²) in [4.78, 5) is 13.8. The van der Waals surface area contributed by atoms with Crippen LogP contribution in [0.3, 0.4) is 0 Å². The van der Waals surface area contributed by atoms with Gasteiger partial charge in [0.25, 0.3) is 0 Å². The summed E-state index contributed by atoms with van der Waals surface area (Å²) in [5.74, 6) is 1.29. The zero-order chi connectivity index (χ0) is 15.4. The predicted octanol–water partition coefficient (Wildman–Crippen LogP) is 5.08. The van der Waals surface area contributed by atoms with E-state index < -0.39 is 0 Å². The lowest BCUT2D eigenvalue weighted by atomic mass is 9.95. The van der Waals surface area contributed by atoms with Crippen molar-refractivity contribution in [1.29, 1.82) is 0 Å². The molecule has 0 aromatic carbocycles. The van der Waals surface area contributed by atoms with Crippen molar-refractivity contribution in [1.82, 2.24) is 4.90 Å². The molecule has 0 fully saturated rings. The summed E-state index contributed by atoms with van der Waals surface area (Å²) in [6, 6.07) is 0. The minimum atomic E-state index is 0.00916. The van der Waals surface area contributed by atoms with E-state index in [0.29, 0.717) is 11.8 Å². The van der Waals surface area contributed by atoms with E-state index in [0.717, 1.165) is 25.9 Å². The lowest BCUT2D eigenvalue weighted by Crippen LogP contribution is -2.37. The zero-order valence-electron chi connectivity index (χ0n) is 14.3. The van der Waals surface area contributed by atoms with Crippen molar-refractivity contribution < 1.29 is 4.79 Å². The van der Waals surface area contributed by atoms with Gasteiger partial charge in [-0.05, 0) is 24.7 Å². The van der Waals surface area contributed by atoms with Crippen molar-refractivity contribution in [2.45, 2.75) is 79.1 Å². The summed E-state index contributed by atoms with van der Waals surface area (Å²) < 4.78 is 0. The monoisotopic (exact) mass is 282 g/mol. The second-order valence-electron chi connectivity index (χ2n) is 6.13. The summed E-state index contributed by atoms with van der Waals surface area (Å²) in [6.45, 7) is 14.4. The molecule has 0 aliphatic carbocycles. The van der Waals surface area contributed by atoms with Gasteiger partial charge in [-0.15, -0.1) is 0 Å². The second kappa shape index (κ2) is 12.2. The molecular formula is C18H36NO. The Hall–Kier alpha value is -0.530. The number of carbonyl (C=O) groups excluding carboxylic acids is 1. The fourth-order valence-electron chi connectivity index (χ4n) is 2.74. The predicted molar refractivity (Wildman–Crippen MR) is 88.5 cm³/mol. The van der Waals surface area contributed by atoms with Crippen LogP contribution in [-0.4, -0.2) is 23.9 Å². The van der Waals surface area contributed by atoms with Crippen molar-refractivity contribution in [2.24, 2.45) is 11.8 Å². The Labute approximate surface area is 127 Å². The average Bonchev–Trinajstić information content (AvgIpc) is 2.45. The first-order valence-electron chi connectivity index (χ1n) is 8.69. The van der Waals surface area contributed by atoms with Crippen molar-refractivity contribution in [3.8, 4) is 0 Å². The van der Waals surface area contributed by atoms with Crippen LogP contribution in [0.2, 0.25) is 0 Å². The summed E-state index contributed by atoms with van der Waals surface area (Å²) >= 11 is 0. The minimum absolute atomic E-state index is 0.00916. The Morgan fingerprint density at radius 3 is 1.55 bits per heavy atom. The maximum Gasteiger partial charge on any atom is 0.223 e. The lowest BCUT2D eigenvalue weighted by Gasteiger charge is -2.29. The SMILES string of the molecule is [CH2]C(=O)N(CC(CC)CCCC)CC(CC)CCCC. The molecule has 0 aliphatic rings. The third-order valence-electron chi connectivity index (χ3n) is 4.40. The molecule has 119 valence electrons. The Bertz CT molecular complexity index is 222. The number of hydrogen-bond donors (Lipinski definition) is 0. The summed E-state index contributed by atoms with van der Waals surface area (Å²) in [6.07, 6.45) is 9.82. The third-order valence-corrected chi connectivity index (χ3v) is 4.40. The van der Waals surface area contributed by atoms with Gasteiger partial charge >= 0.3 is 0 Å². The van der Waals surface area contributed by atoms with Crippen LogP contribution >= 0.6 is 0 Å². The highest BCUT2D eigenvalue weighted by atomic mass is 16.2. The third kappa shape index (κ3) is 8.60. The first-order valence-corrected chi connectivity index (χ1v) is 8.69. The van der Waals surface area contributed by atoms with E-state index in [1.807, 2.05) is 4.90 Å². The van der Waals surface area contributed by atoms with E-state index in [1.54, 1.807) is 0 Å². The van der Waals surface area contributed by atoms with E-state index in [4.69, 9.17) is 0 Å². The van der Waals surface area contributed by atoms with Gasteiger partial charge in [0.05, 0.1) is 0 Å². The van der Waals surface area contributed by atoms with Crippen LogP contribution in [0.25, 0.3) is 0 Å². The molecule has 2 unspecified atom stereocenters. The fourth-order valence-corrected chi connectivity index (χ4v) is 2.74. The quantitative estimate of drug-likeness (QED) is 0.488. The Kier molecular flexibility index (Phi) is 11.9. The van der Waals surface area contributed by atoms with Crippen LogP contribution in [0.5, 0.6) is 0 Å². The van der Waals surface area contributed by atoms with E-state index in [2.05, 4.69) is 34.6 Å². The molecule has 0 N–H and O–H groups in total. The minimum Gasteiger partial charge on any atom is -0.342 e. The molecule has 0 aromatic heterocycles. The van der Waals surface area contributed by atoms with E-state index in [-0.39, 0.29) is 5.91 Å². The first kappa shape index (κ1) is 19.5. The number of hydrogen-bond acceptors (Lipinski definition) is 1. The van der Waals surface area contributed by atoms with Crippen molar-refractivity contribution in [3.63, 3.8) is 0 Å². The zero-order valence-corrected chi connectivity index (χ0v) is 14.3. The van der Waals surface area contributed by atoms with Gasteiger partial charge in [0, 0.05) is 20.0 Å². The second-order valence-corrected chi connectivity index (χ2v) is 6.13. The fraction of sp³-hybridized carbons (Fsp3) is 0.889. The van der Waals surface area contributed by atoms with Gasteiger partial charge in [0.2, 0.25) is 5.91 Å². The molecule has 20 heavy (non-hydrogen) atoms. The molecule has 2 atom stereocenters. The molecule has 2 nitrogen and oxygen atoms in total. The molecule has 0 spiro atoms. The number of unbranched alkanes of at least 4 members (excludes halogenated alkanes) is 2. The van der Waals surface area contributed by atoms with Gasteiger partial charge in [-0.25, -0.2) is 0 Å². The van der Waals surface area contributed by atoms with Crippen molar-refractivity contribution >= 4 is 5.91 Å². The van der Waals surface area contributed by atoms with Crippen LogP contribution < -0.4 is 0 Å².